The molecule has 2 unspecified atom stereocenters. The molecule has 3 aliphatic rings. The Bertz CT molecular complexity index is 573. The summed E-state index contributed by atoms with van der Waals surface area (Å²) in [5.74, 6) is 0.0465. The third kappa shape index (κ3) is 2.12. The van der Waals surface area contributed by atoms with Gasteiger partial charge in [0.2, 0.25) is 5.91 Å². The summed E-state index contributed by atoms with van der Waals surface area (Å²) in [6, 6.07) is 6.89. The molecule has 5 heteroatoms. The molecule has 0 saturated carbocycles. The number of likely N-dealkylation sites (N-methyl/N-ethyl adjacent to an activating group) is 1. The van der Waals surface area contributed by atoms with Crippen LogP contribution in [-0.4, -0.2) is 50.1 Å². The molecule has 2 fully saturated rings. The molecule has 112 valence electrons. The summed E-state index contributed by atoms with van der Waals surface area (Å²) in [6.07, 6.45) is 2.66. The van der Waals surface area contributed by atoms with Gasteiger partial charge in [0.1, 0.15) is 6.04 Å². The first-order valence-electron chi connectivity index (χ1n) is 7.87. The first kappa shape index (κ1) is 13.1. The van der Waals surface area contributed by atoms with Crippen LogP contribution in [0.25, 0.3) is 0 Å². The Balaban J connectivity index is 1.57. The fraction of sp³-hybridized carbons (Fsp3) is 0.562. The van der Waals surface area contributed by atoms with E-state index in [0.29, 0.717) is 6.04 Å². The maximum atomic E-state index is 11.9. The van der Waals surface area contributed by atoms with Crippen molar-refractivity contribution in [2.75, 3.05) is 43.4 Å². The standard InChI is InChI=1S/C16H22N4O/c1-17-15-13-5-4-11(9-14(13)18-16(15)21)20-8-7-19-6-2-3-12(19)10-20/h4-5,9,12,15,17H,2-3,6-8,10H2,1H3,(H,18,21). The molecule has 1 aromatic rings. The van der Waals surface area contributed by atoms with Crippen molar-refractivity contribution in [1.29, 1.82) is 0 Å². The number of nitrogens with zero attached hydrogens (tertiary/aromatic N) is 2. The first-order chi connectivity index (χ1) is 10.3. The predicted octanol–water partition coefficient (Wildman–Crippen LogP) is 1.18. The van der Waals surface area contributed by atoms with Gasteiger partial charge in [-0.05, 0) is 38.6 Å². The zero-order valence-corrected chi connectivity index (χ0v) is 12.4. The summed E-state index contributed by atoms with van der Waals surface area (Å²) >= 11 is 0. The highest BCUT2D eigenvalue weighted by molar-refractivity contribution is 6.03. The van der Waals surface area contributed by atoms with Gasteiger partial charge in [0.15, 0.2) is 0 Å². The number of piperazine rings is 1. The van der Waals surface area contributed by atoms with E-state index in [2.05, 4.69) is 38.6 Å². The summed E-state index contributed by atoms with van der Waals surface area (Å²) in [5, 5.41) is 6.05. The second-order valence-electron chi connectivity index (χ2n) is 6.26. The molecule has 2 saturated heterocycles. The van der Waals surface area contributed by atoms with Crippen LogP contribution in [0.4, 0.5) is 11.4 Å². The molecule has 3 heterocycles. The fourth-order valence-electron chi connectivity index (χ4n) is 3.96. The summed E-state index contributed by atoms with van der Waals surface area (Å²) in [5.41, 5.74) is 3.26. The van der Waals surface area contributed by atoms with E-state index < -0.39 is 0 Å². The van der Waals surface area contributed by atoms with Crippen molar-refractivity contribution in [3.63, 3.8) is 0 Å². The SMILES string of the molecule is CNC1C(=O)Nc2cc(N3CCN4CCCC4C3)ccc21. The third-order valence-corrected chi connectivity index (χ3v) is 5.11. The Morgan fingerprint density at radius 1 is 1.29 bits per heavy atom. The number of carbonyl (C=O) groups excluding carboxylic acids is 1. The van der Waals surface area contributed by atoms with Crippen LogP contribution in [0.1, 0.15) is 24.4 Å². The van der Waals surface area contributed by atoms with Crippen LogP contribution in [0.5, 0.6) is 0 Å². The second-order valence-corrected chi connectivity index (χ2v) is 6.26. The number of nitrogens with one attached hydrogen (secondary N) is 2. The molecule has 21 heavy (non-hydrogen) atoms. The lowest BCUT2D eigenvalue weighted by Gasteiger charge is -2.39. The van der Waals surface area contributed by atoms with E-state index in [9.17, 15) is 4.79 Å². The van der Waals surface area contributed by atoms with Gasteiger partial charge in [-0.2, -0.15) is 0 Å². The van der Waals surface area contributed by atoms with Gasteiger partial charge < -0.3 is 15.5 Å². The lowest BCUT2D eigenvalue weighted by atomic mass is 10.1. The van der Waals surface area contributed by atoms with E-state index in [-0.39, 0.29) is 11.9 Å². The molecular formula is C16H22N4O. The minimum Gasteiger partial charge on any atom is -0.369 e. The van der Waals surface area contributed by atoms with Crippen molar-refractivity contribution in [3.05, 3.63) is 23.8 Å². The highest BCUT2D eigenvalue weighted by atomic mass is 16.2. The van der Waals surface area contributed by atoms with Gasteiger partial charge in [-0.1, -0.05) is 6.07 Å². The lowest BCUT2D eigenvalue weighted by Crippen LogP contribution is -2.50. The normalized spacial score (nSPS) is 28.4. The topological polar surface area (TPSA) is 47.6 Å². The third-order valence-electron chi connectivity index (χ3n) is 5.11. The van der Waals surface area contributed by atoms with Gasteiger partial charge >= 0.3 is 0 Å². The lowest BCUT2D eigenvalue weighted by molar-refractivity contribution is -0.117. The first-order valence-corrected chi connectivity index (χ1v) is 7.87. The highest BCUT2D eigenvalue weighted by Crippen LogP contribution is 2.35. The minimum atomic E-state index is -0.208. The molecule has 0 aliphatic carbocycles. The Hall–Kier alpha value is -1.59. The van der Waals surface area contributed by atoms with E-state index in [0.717, 1.165) is 30.9 Å². The summed E-state index contributed by atoms with van der Waals surface area (Å²) in [6.45, 7) is 4.62. The predicted molar refractivity (Wildman–Crippen MR) is 83.7 cm³/mol. The van der Waals surface area contributed by atoms with E-state index in [4.69, 9.17) is 0 Å². The van der Waals surface area contributed by atoms with Gasteiger partial charge in [0.05, 0.1) is 0 Å². The van der Waals surface area contributed by atoms with Gasteiger partial charge in [0.25, 0.3) is 0 Å². The number of amides is 1. The number of benzene rings is 1. The Morgan fingerprint density at radius 3 is 3.05 bits per heavy atom. The smallest absolute Gasteiger partial charge is 0.246 e. The zero-order chi connectivity index (χ0) is 14.4. The molecule has 0 radical (unpaired) electrons. The number of carbonyl (C=O) groups is 1. The van der Waals surface area contributed by atoms with Crippen LogP contribution < -0.4 is 15.5 Å². The molecule has 2 N–H and O–H groups in total. The van der Waals surface area contributed by atoms with E-state index >= 15 is 0 Å². The summed E-state index contributed by atoms with van der Waals surface area (Å²) in [4.78, 5) is 17.0. The van der Waals surface area contributed by atoms with Gasteiger partial charge in [0, 0.05) is 42.6 Å². The largest absolute Gasteiger partial charge is 0.369 e. The highest BCUT2D eigenvalue weighted by Gasteiger charge is 2.32. The summed E-state index contributed by atoms with van der Waals surface area (Å²) < 4.78 is 0. The number of hydrogen-bond donors (Lipinski definition) is 2. The Kier molecular flexibility index (Phi) is 3.12. The zero-order valence-electron chi connectivity index (χ0n) is 12.4. The summed E-state index contributed by atoms with van der Waals surface area (Å²) in [7, 11) is 1.83. The van der Waals surface area contributed by atoms with Crippen LogP contribution >= 0.6 is 0 Å². The number of fused-ring (bicyclic) bond motifs is 2. The monoisotopic (exact) mass is 286 g/mol. The molecular weight excluding hydrogens is 264 g/mol. The molecule has 3 aliphatic heterocycles. The van der Waals surface area contributed by atoms with Crippen molar-refractivity contribution >= 4 is 17.3 Å². The second kappa shape index (κ2) is 5.00. The minimum absolute atomic E-state index is 0.0465. The van der Waals surface area contributed by atoms with Crippen LogP contribution in [-0.2, 0) is 4.79 Å². The fourth-order valence-corrected chi connectivity index (χ4v) is 3.96. The van der Waals surface area contributed by atoms with Gasteiger partial charge in [-0.3, -0.25) is 9.69 Å². The maximum absolute atomic E-state index is 11.9. The molecule has 0 aromatic heterocycles. The Morgan fingerprint density at radius 2 is 2.19 bits per heavy atom. The Labute approximate surface area is 125 Å². The molecule has 0 spiro atoms. The molecule has 1 amide bonds. The quantitative estimate of drug-likeness (QED) is 0.857. The van der Waals surface area contributed by atoms with Crippen molar-refractivity contribution in [2.24, 2.45) is 0 Å². The molecule has 2 atom stereocenters. The molecule has 0 bridgehead atoms. The maximum Gasteiger partial charge on any atom is 0.246 e. The average molecular weight is 286 g/mol. The van der Waals surface area contributed by atoms with E-state index in [1.54, 1.807) is 0 Å². The molecule has 5 nitrogen and oxygen atoms in total. The molecule has 1 aromatic carbocycles. The van der Waals surface area contributed by atoms with Crippen LogP contribution in [0.2, 0.25) is 0 Å². The average Bonchev–Trinajstić information content (AvgIpc) is 3.08. The van der Waals surface area contributed by atoms with Crippen molar-refractivity contribution < 1.29 is 4.79 Å². The van der Waals surface area contributed by atoms with E-state index in [1.165, 1.54) is 25.1 Å². The number of hydrogen-bond acceptors (Lipinski definition) is 4. The van der Waals surface area contributed by atoms with Crippen molar-refractivity contribution in [2.45, 2.75) is 24.9 Å². The molecule has 4 rings (SSSR count). The van der Waals surface area contributed by atoms with Gasteiger partial charge in [-0.25, -0.2) is 0 Å². The van der Waals surface area contributed by atoms with E-state index in [1.807, 2.05) is 7.05 Å². The van der Waals surface area contributed by atoms with Crippen molar-refractivity contribution in [3.8, 4) is 0 Å². The van der Waals surface area contributed by atoms with Crippen molar-refractivity contribution in [1.82, 2.24) is 10.2 Å². The van der Waals surface area contributed by atoms with Gasteiger partial charge in [-0.15, -0.1) is 0 Å². The van der Waals surface area contributed by atoms with Crippen LogP contribution in [0.3, 0.4) is 0 Å². The van der Waals surface area contributed by atoms with Crippen LogP contribution in [0, 0.1) is 0 Å². The van der Waals surface area contributed by atoms with Crippen LogP contribution in [0.15, 0.2) is 18.2 Å². The number of rotatable bonds is 2. The number of anilines is 2.